The first-order valence-electron chi connectivity index (χ1n) is 8.22. The highest BCUT2D eigenvalue weighted by atomic mass is 28.4. The van der Waals surface area contributed by atoms with Gasteiger partial charge in [-0.25, -0.2) is 0 Å². The standard InChI is InChI=1S/C16H33NO3Si/c1-7-19-15(18)12-17-13-8-10-14(11-9-13)20-21(5,6)16(2,3)4/h13-14,17H,7-12H2,1-6H3. The van der Waals surface area contributed by atoms with Crippen LogP contribution >= 0.6 is 0 Å². The van der Waals surface area contributed by atoms with E-state index >= 15 is 0 Å². The van der Waals surface area contributed by atoms with Gasteiger partial charge in [0, 0.05) is 12.1 Å². The van der Waals surface area contributed by atoms with Gasteiger partial charge in [0.1, 0.15) is 0 Å². The van der Waals surface area contributed by atoms with Crippen LogP contribution in [0.3, 0.4) is 0 Å². The van der Waals surface area contributed by atoms with Crippen molar-refractivity contribution in [2.45, 2.75) is 83.7 Å². The Labute approximate surface area is 131 Å². The number of esters is 1. The molecule has 5 heteroatoms. The molecule has 0 aromatic carbocycles. The molecular weight excluding hydrogens is 282 g/mol. The first-order valence-corrected chi connectivity index (χ1v) is 11.1. The second-order valence-corrected chi connectivity index (χ2v) is 12.3. The van der Waals surface area contributed by atoms with Crippen molar-refractivity contribution in [3.8, 4) is 0 Å². The predicted octanol–water partition coefficient (Wildman–Crippen LogP) is 3.47. The lowest BCUT2D eigenvalue weighted by Gasteiger charge is -2.41. The van der Waals surface area contributed by atoms with Gasteiger partial charge in [-0.05, 0) is 50.7 Å². The Bertz CT molecular complexity index is 331. The Kier molecular flexibility index (Phi) is 6.88. The molecule has 0 aromatic rings. The van der Waals surface area contributed by atoms with Gasteiger partial charge >= 0.3 is 5.97 Å². The van der Waals surface area contributed by atoms with Crippen LogP contribution in [0.1, 0.15) is 53.4 Å². The van der Waals surface area contributed by atoms with Crippen LogP contribution in [0, 0.1) is 0 Å². The van der Waals surface area contributed by atoms with E-state index in [0.717, 1.165) is 25.7 Å². The average molecular weight is 316 g/mol. The average Bonchev–Trinajstić information content (AvgIpc) is 2.36. The van der Waals surface area contributed by atoms with Crippen molar-refractivity contribution in [2.24, 2.45) is 0 Å². The van der Waals surface area contributed by atoms with Crippen LogP contribution in [0.5, 0.6) is 0 Å². The highest BCUT2D eigenvalue weighted by Gasteiger charge is 2.39. The summed E-state index contributed by atoms with van der Waals surface area (Å²) >= 11 is 0. The Balaban J connectivity index is 2.31. The molecule has 0 amide bonds. The minimum absolute atomic E-state index is 0.155. The number of hydrogen-bond acceptors (Lipinski definition) is 4. The van der Waals surface area contributed by atoms with Crippen molar-refractivity contribution in [2.75, 3.05) is 13.2 Å². The number of hydrogen-bond donors (Lipinski definition) is 1. The SMILES string of the molecule is CCOC(=O)CNC1CCC(O[Si](C)(C)C(C)(C)C)CC1. The van der Waals surface area contributed by atoms with Crippen LogP contribution in [-0.4, -0.2) is 39.6 Å². The van der Waals surface area contributed by atoms with Gasteiger partial charge in [0.25, 0.3) is 0 Å². The zero-order valence-electron chi connectivity index (χ0n) is 14.6. The van der Waals surface area contributed by atoms with Crippen molar-refractivity contribution in [1.82, 2.24) is 5.32 Å². The zero-order chi connectivity index (χ0) is 16.1. The fourth-order valence-corrected chi connectivity index (χ4v) is 3.84. The summed E-state index contributed by atoms with van der Waals surface area (Å²) in [5.41, 5.74) is 0. The molecule has 1 aliphatic carbocycles. The van der Waals surface area contributed by atoms with Gasteiger partial charge in [0.2, 0.25) is 0 Å². The molecule has 0 radical (unpaired) electrons. The predicted molar refractivity (Wildman–Crippen MR) is 89.0 cm³/mol. The Morgan fingerprint density at radius 1 is 1.19 bits per heavy atom. The third-order valence-electron chi connectivity index (χ3n) is 4.78. The molecule has 0 aromatic heterocycles. The van der Waals surface area contributed by atoms with Crippen LogP contribution in [-0.2, 0) is 14.0 Å². The molecule has 1 fully saturated rings. The quantitative estimate of drug-likeness (QED) is 0.602. The third-order valence-corrected chi connectivity index (χ3v) is 9.32. The Morgan fingerprint density at radius 3 is 2.24 bits per heavy atom. The van der Waals surface area contributed by atoms with Crippen LogP contribution in [0.4, 0.5) is 0 Å². The number of carbonyl (C=O) groups is 1. The summed E-state index contributed by atoms with van der Waals surface area (Å²) in [5, 5.41) is 3.57. The monoisotopic (exact) mass is 315 g/mol. The smallest absolute Gasteiger partial charge is 0.319 e. The van der Waals surface area contributed by atoms with E-state index in [-0.39, 0.29) is 11.0 Å². The highest BCUT2D eigenvalue weighted by Crippen LogP contribution is 2.39. The van der Waals surface area contributed by atoms with Gasteiger partial charge in [0.15, 0.2) is 8.32 Å². The molecule has 1 saturated carbocycles. The maximum Gasteiger partial charge on any atom is 0.319 e. The van der Waals surface area contributed by atoms with E-state index in [1.165, 1.54) is 0 Å². The van der Waals surface area contributed by atoms with Crippen LogP contribution in [0.15, 0.2) is 0 Å². The van der Waals surface area contributed by atoms with Crippen molar-refractivity contribution in [1.29, 1.82) is 0 Å². The van der Waals surface area contributed by atoms with Crippen LogP contribution in [0.25, 0.3) is 0 Å². The van der Waals surface area contributed by atoms with E-state index in [2.05, 4.69) is 39.2 Å². The molecule has 1 aliphatic rings. The first kappa shape index (κ1) is 18.7. The summed E-state index contributed by atoms with van der Waals surface area (Å²) in [6.45, 7) is 14.1. The van der Waals surface area contributed by atoms with Crippen molar-refractivity contribution in [3.05, 3.63) is 0 Å². The summed E-state index contributed by atoms with van der Waals surface area (Å²) in [6.07, 6.45) is 4.74. The van der Waals surface area contributed by atoms with Crippen molar-refractivity contribution < 1.29 is 14.0 Å². The van der Waals surface area contributed by atoms with Gasteiger partial charge < -0.3 is 14.5 Å². The molecule has 0 unspecified atom stereocenters. The molecule has 124 valence electrons. The van der Waals surface area contributed by atoms with Crippen molar-refractivity contribution >= 4 is 14.3 Å². The van der Waals surface area contributed by atoms with E-state index in [9.17, 15) is 4.79 Å². The molecule has 0 spiro atoms. The van der Waals surface area contributed by atoms with Crippen LogP contribution < -0.4 is 5.32 Å². The number of carbonyl (C=O) groups excluding carboxylic acids is 1. The van der Waals surface area contributed by atoms with Gasteiger partial charge in [-0.1, -0.05) is 20.8 Å². The Morgan fingerprint density at radius 2 is 1.76 bits per heavy atom. The van der Waals surface area contributed by atoms with Gasteiger partial charge in [-0.15, -0.1) is 0 Å². The normalized spacial score (nSPS) is 23.9. The molecule has 1 N–H and O–H groups in total. The number of rotatable bonds is 6. The van der Waals surface area contributed by atoms with Gasteiger partial charge in [-0.2, -0.15) is 0 Å². The minimum Gasteiger partial charge on any atom is -0.465 e. The van der Waals surface area contributed by atoms with E-state index in [0.29, 0.717) is 25.3 Å². The topological polar surface area (TPSA) is 47.6 Å². The number of nitrogens with one attached hydrogen (secondary N) is 1. The summed E-state index contributed by atoms with van der Waals surface area (Å²) in [7, 11) is -1.66. The number of ether oxygens (including phenoxy) is 1. The fourth-order valence-electron chi connectivity index (χ4n) is 2.42. The summed E-state index contributed by atoms with van der Waals surface area (Å²) in [4.78, 5) is 11.3. The van der Waals surface area contributed by atoms with E-state index in [1.807, 2.05) is 6.92 Å². The maximum absolute atomic E-state index is 11.3. The lowest BCUT2D eigenvalue weighted by molar-refractivity contribution is -0.142. The minimum atomic E-state index is -1.66. The summed E-state index contributed by atoms with van der Waals surface area (Å²) in [5.74, 6) is -0.155. The summed E-state index contributed by atoms with van der Waals surface area (Å²) < 4.78 is 11.4. The molecule has 21 heavy (non-hydrogen) atoms. The lowest BCUT2D eigenvalue weighted by atomic mass is 9.93. The highest BCUT2D eigenvalue weighted by molar-refractivity contribution is 6.74. The second-order valence-electron chi connectivity index (χ2n) is 7.54. The lowest BCUT2D eigenvalue weighted by Crippen LogP contribution is -2.46. The summed E-state index contributed by atoms with van der Waals surface area (Å²) in [6, 6.07) is 0.425. The van der Waals surface area contributed by atoms with Crippen LogP contribution in [0.2, 0.25) is 18.1 Å². The molecule has 0 saturated heterocycles. The van der Waals surface area contributed by atoms with E-state index in [1.54, 1.807) is 0 Å². The third kappa shape index (κ3) is 6.08. The maximum atomic E-state index is 11.3. The molecule has 0 aliphatic heterocycles. The van der Waals surface area contributed by atoms with E-state index in [4.69, 9.17) is 9.16 Å². The fraction of sp³-hybridized carbons (Fsp3) is 0.938. The molecule has 1 rings (SSSR count). The molecule has 0 atom stereocenters. The van der Waals surface area contributed by atoms with E-state index < -0.39 is 8.32 Å². The molecule has 0 heterocycles. The van der Waals surface area contributed by atoms with Gasteiger partial charge in [0.05, 0.1) is 13.2 Å². The molecular formula is C16H33NO3Si. The van der Waals surface area contributed by atoms with Crippen molar-refractivity contribution in [3.63, 3.8) is 0 Å². The first-order chi connectivity index (χ1) is 9.65. The molecule has 4 nitrogen and oxygen atoms in total. The zero-order valence-corrected chi connectivity index (χ0v) is 15.6. The van der Waals surface area contributed by atoms with Gasteiger partial charge in [-0.3, -0.25) is 4.79 Å². The molecule has 0 bridgehead atoms. The largest absolute Gasteiger partial charge is 0.465 e. The second kappa shape index (κ2) is 7.74. The Hall–Kier alpha value is -0.393.